The van der Waals surface area contributed by atoms with Crippen LogP contribution in [0.25, 0.3) is 11.1 Å². The van der Waals surface area contributed by atoms with Gasteiger partial charge in [0.15, 0.2) is 0 Å². The molecule has 0 aliphatic rings. The van der Waals surface area contributed by atoms with E-state index < -0.39 is 12.0 Å². The number of nitrogens with one attached hydrogen (secondary N) is 1. The van der Waals surface area contributed by atoms with E-state index in [-0.39, 0.29) is 0 Å². The number of aliphatic carboxylic acids is 1. The van der Waals surface area contributed by atoms with Gasteiger partial charge in [-0.3, -0.25) is 4.79 Å². The second-order valence-corrected chi connectivity index (χ2v) is 4.84. The van der Waals surface area contributed by atoms with Gasteiger partial charge in [-0.1, -0.05) is 35.9 Å². The number of pyridine rings is 1. The lowest BCUT2D eigenvalue weighted by Crippen LogP contribution is -2.35. The molecule has 4 nitrogen and oxygen atoms in total. The Bertz CT molecular complexity index is 582. The summed E-state index contributed by atoms with van der Waals surface area (Å²) in [6.45, 7) is 0. The number of likely N-dealkylation sites (N-methyl/N-ethyl adjacent to an activating group) is 1. The summed E-state index contributed by atoms with van der Waals surface area (Å²) < 4.78 is 0. The number of carboxylic acid groups (broad SMARTS) is 1. The fraction of sp³-hybridized carbons (Fsp3) is 0.200. The van der Waals surface area contributed by atoms with E-state index in [1.165, 1.54) is 0 Å². The van der Waals surface area contributed by atoms with Gasteiger partial charge in [0.05, 0.1) is 0 Å². The second-order valence-electron chi connectivity index (χ2n) is 4.45. The highest BCUT2D eigenvalue weighted by atomic mass is 35.5. The molecule has 0 radical (unpaired) electrons. The Morgan fingerprint density at radius 2 is 1.90 bits per heavy atom. The van der Waals surface area contributed by atoms with Crippen LogP contribution in [0, 0.1) is 0 Å². The normalized spacial score (nSPS) is 12.1. The van der Waals surface area contributed by atoms with Crippen molar-refractivity contribution >= 4 is 17.6 Å². The minimum atomic E-state index is -0.849. The zero-order valence-electron chi connectivity index (χ0n) is 11.0. The zero-order chi connectivity index (χ0) is 14.5. The van der Waals surface area contributed by atoms with Crippen LogP contribution in [0.1, 0.15) is 5.56 Å². The van der Waals surface area contributed by atoms with Crippen LogP contribution in [0.2, 0.25) is 5.15 Å². The minimum Gasteiger partial charge on any atom is -0.480 e. The molecule has 104 valence electrons. The molecule has 2 N–H and O–H groups in total. The summed E-state index contributed by atoms with van der Waals surface area (Å²) in [4.78, 5) is 15.0. The predicted molar refractivity (Wildman–Crippen MR) is 78.9 cm³/mol. The van der Waals surface area contributed by atoms with E-state index in [0.29, 0.717) is 11.6 Å². The Kier molecular flexibility index (Phi) is 4.71. The highest BCUT2D eigenvalue weighted by molar-refractivity contribution is 6.29. The molecule has 0 unspecified atom stereocenters. The molecule has 5 heteroatoms. The van der Waals surface area contributed by atoms with Crippen LogP contribution < -0.4 is 5.32 Å². The van der Waals surface area contributed by atoms with Crippen LogP contribution in [0.15, 0.2) is 42.6 Å². The quantitative estimate of drug-likeness (QED) is 0.831. The van der Waals surface area contributed by atoms with Crippen LogP contribution in [0.4, 0.5) is 0 Å². The molecule has 0 fully saturated rings. The molecule has 1 aromatic carbocycles. The highest BCUT2D eigenvalue weighted by Crippen LogP contribution is 2.20. The number of rotatable bonds is 5. The van der Waals surface area contributed by atoms with Gasteiger partial charge in [-0.2, -0.15) is 0 Å². The van der Waals surface area contributed by atoms with Crippen molar-refractivity contribution in [3.63, 3.8) is 0 Å². The van der Waals surface area contributed by atoms with Crippen LogP contribution in [0.5, 0.6) is 0 Å². The molecule has 0 saturated heterocycles. The smallest absolute Gasteiger partial charge is 0.321 e. The van der Waals surface area contributed by atoms with Crippen LogP contribution in [-0.2, 0) is 11.2 Å². The third-order valence-electron chi connectivity index (χ3n) is 3.10. The van der Waals surface area contributed by atoms with E-state index in [2.05, 4.69) is 10.3 Å². The Morgan fingerprint density at radius 3 is 2.40 bits per heavy atom. The van der Waals surface area contributed by atoms with Gasteiger partial charge in [0, 0.05) is 11.8 Å². The van der Waals surface area contributed by atoms with E-state index in [0.717, 1.165) is 16.7 Å². The third kappa shape index (κ3) is 3.56. The van der Waals surface area contributed by atoms with Gasteiger partial charge in [0.2, 0.25) is 0 Å². The number of aromatic nitrogens is 1. The molecule has 0 saturated carbocycles. The summed E-state index contributed by atoms with van der Waals surface area (Å²) in [5, 5.41) is 12.2. The van der Waals surface area contributed by atoms with Crippen molar-refractivity contribution < 1.29 is 9.90 Å². The van der Waals surface area contributed by atoms with Crippen LogP contribution >= 0.6 is 11.6 Å². The Balaban J connectivity index is 2.13. The molecule has 2 rings (SSSR count). The molecular weight excluding hydrogens is 276 g/mol. The monoisotopic (exact) mass is 290 g/mol. The molecule has 0 spiro atoms. The number of hydrogen-bond donors (Lipinski definition) is 2. The number of halogens is 1. The van der Waals surface area contributed by atoms with Crippen molar-refractivity contribution in [2.45, 2.75) is 12.5 Å². The van der Waals surface area contributed by atoms with Gasteiger partial charge < -0.3 is 10.4 Å². The summed E-state index contributed by atoms with van der Waals surface area (Å²) in [6.07, 6.45) is 2.16. The molecule has 0 aliphatic carbocycles. The highest BCUT2D eigenvalue weighted by Gasteiger charge is 2.15. The summed E-state index contributed by atoms with van der Waals surface area (Å²) in [7, 11) is 1.65. The molecule has 0 bridgehead atoms. The van der Waals surface area contributed by atoms with Gasteiger partial charge in [-0.05, 0) is 36.7 Å². The van der Waals surface area contributed by atoms with Crippen LogP contribution in [0.3, 0.4) is 0 Å². The molecule has 0 aliphatic heterocycles. The molecule has 1 aromatic heterocycles. The second kappa shape index (κ2) is 6.50. The van der Waals surface area contributed by atoms with Gasteiger partial charge in [-0.15, -0.1) is 0 Å². The average molecular weight is 291 g/mol. The maximum absolute atomic E-state index is 11.0. The molecule has 1 atom stereocenters. The molecular formula is C15H15ClN2O2. The molecule has 1 heterocycles. The van der Waals surface area contributed by atoms with Crippen molar-refractivity contribution in [2.24, 2.45) is 0 Å². The predicted octanol–water partition coefficient (Wildman–Crippen LogP) is 2.62. The number of carbonyl (C=O) groups is 1. The number of carboxylic acids is 1. The summed E-state index contributed by atoms with van der Waals surface area (Å²) in [5.41, 5.74) is 2.97. The standard InChI is InChI=1S/C15H15ClN2O2/c1-17-13(15(19)20)8-10-2-4-11(5-3-10)12-6-7-14(16)18-9-12/h2-7,9,13,17H,8H2,1H3,(H,19,20)/t13-/m0/s1. The topological polar surface area (TPSA) is 62.2 Å². The summed E-state index contributed by atoms with van der Waals surface area (Å²) in [5.74, 6) is -0.849. The maximum atomic E-state index is 11.0. The Morgan fingerprint density at radius 1 is 1.25 bits per heavy atom. The zero-order valence-corrected chi connectivity index (χ0v) is 11.8. The Hall–Kier alpha value is -1.91. The fourth-order valence-corrected chi connectivity index (χ4v) is 2.04. The van der Waals surface area contributed by atoms with Crippen molar-refractivity contribution in [3.8, 4) is 11.1 Å². The van der Waals surface area contributed by atoms with Crippen molar-refractivity contribution in [1.82, 2.24) is 10.3 Å². The Labute approximate surface area is 122 Å². The molecule has 2 aromatic rings. The van der Waals surface area contributed by atoms with Crippen molar-refractivity contribution in [3.05, 3.63) is 53.3 Å². The maximum Gasteiger partial charge on any atom is 0.321 e. The van der Waals surface area contributed by atoms with Gasteiger partial charge in [0.1, 0.15) is 11.2 Å². The van der Waals surface area contributed by atoms with Gasteiger partial charge in [-0.25, -0.2) is 4.98 Å². The molecule has 0 amide bonds. The van der Waals surface area contributed by atoms with Crippen LogP contribution in [-0.4, -0.2) is 29.1 Å². The first-order valence-electron chi connectivity index (χ1n) is 6.21. The number of nitrogens with zero attached hydrogens (tertiary/aromatic N) is 1. The first-order chi connectivity index (χ1) is 9.60. The minimum absolute atomic E-state index is 0.449. The third-order valence-corrected chi connectivity index (χ3v) is 3.32. The largest absolute Gasteiger partial charge is 0.480 e. The number of hydrogen-bond acceptors (Lipinski definition) is 3. The van der Waals surface area contributed by atoms with E-state index in [1.54, 1.807) is 19.3 Å². The summed E-state index contributed by atoms with van der Waals surface area (Å²) in [6, 6.07) is 10.8. The lowest BCUT2D eigenvalue weighted by Gasteiger charge is -2.11. The van der Waals surface area contributed by atoms with E-state index in [1.807, 2.05) is 30.3 Å². The fourth-order valence-electron chi connectivity index (χ4n) is 1.93. The lowest BCUT2D eigenvalue weighted by atomic mass is 10.0. The number of benzene rings is 1. The lowest BCUT2D eigenvalue weighted by molar-refractivity contribution is -0.139. The van der Waals surface area contributed by atoms with Gasteiger partial charge >= 0.3 is 5.97 Å². The first-order valence-corrected chi connectivity index (χ1v) is 6.59. The first kappa shape index (κ1) is 14.5. The van der Waals surface area contributed by atoms with E-state index in [9.17, 15) is 4.79 Å². The molecule has 20 heavy (non-hydrogen) atoms. The van der Waals surface area contributed by atoms with Gasteiger partial charge in [0.25, 0.3) is 0 Å². The van der Waals surface area contributed by atoms with Crippen molar-refractivity contribution in [1.29, 1.82) is 0 Å². The average Bonchev–Trinajstić information content (AvgIpc) is 2.46. The summed E-state index contributed by atoms with van der Waals surface area (Å²) >= 11 is 5.75. The SMILES string of the molecule is CN[C@@H](Cc1ccc(-c2ccc(Cl)nc2)cc1)C(=O)O. The van der Waals surface area contributed by atoms with E-state index in [4.69, 9.17) is 16.7 Å². The van der Waals surface area contributed by atoms with Crippen molar-refractivity contribution in [2.75, 3.05) is 7.05 Å². The van der Waals surface area contributed by atoms with E-state index >= 15 is 0 Å².